The number of pyridine rings is 2. The molecule has 1 saturated carbocycles. The molecule has 0 radical (unpaired) electrons. The summed E-state index contributed by atoms with van der Waals surface area (Å²) < 4.78 is 5.05. The van der Waals surface area contributed by atoms with Gasteiger partial charge >= 0.3 is 0 Å². The molecule has 33 heavy (non-hydrogen) atoms. The van der Waals surface area contributed by atoms with E-state index in [1.165, 1.54) is 0 Å². The average molecular weight is 445 g/mol. The van der Waals surface area contributed by atoms with Crippen molar-refractivity contribution in [3.8, 4) is 23.3 Å². The van der Waals surface area contributed by atoms with E-state index >= 15 is 0 Å². The first-order valence-electron chi connectivity index (χ1n) is 11.3. The van der Waals surface area contributed by atoms with E-state index in [-0.39, 0.29) is 11.9 Å². The number of anilines is 1. The van der Waals surface area contributed by atoms with Crippen LogP contribution in [0.2, 0.25) is 0 Å². The van der Waals surface area contributed by atoms with E-state index in [0.29, 0.717) is 55.5 Å². The van der Waals surface area contributed by atoms with Crippen LogP contribution in [0.1, 0.15) is 54.5 Å². The van der Waals surface area contributed by atoms with Gasteiger partial charge in [-0.15, -0.1) is 0 Å². The smallest absolute Gasteiger partial charge is 0.225 e. The predicted octanol–water partition coefficient (Wildman–Crippen LogP) is 3.15. The van der Waals surface area contributed by atoms with Crippen molar-refractivity contribution in [3.63, 3.8) is 0 Å². The maximum absolute atomic E-state index is 12.5. The third kappa shape index (κ3) is 4.40. The lowest BCUT2D eigenvalue weighted by Crippen LogP contribution is -2.54. The van der Waals surface area contributed by atoms with Crippen LogP contribution in [0.3, 0.4) is 0 Å². The minimum atomic E-state index is 0.00574. The van der Waals surface area contributed by atoms with Crippen LogP contribution in [0.15, 0.2) is 18.5 Å². The van der Waals surface area contributed by atoms with Gasteiger partial charge in [0.2, 0.25) is 5.91 Å². The fourth-order valence-electron chi connectivity index (χ4n) is 4.62. The molecule has 3 heterocycles. The Labute approximate surface area is 194 Å². The molecule has 1 aliphatic carbocycles. The third-order valence-corrected chi connectivity index (χ3v) is 6.51. The van der Waals surface area contributed by atoms with Gasteiger partial charge in [-0.25, -0.2) is 4.98 Å². The minimum Gasteiger partial charge on any atom is -0.384 e. The summed E-state index contributed by atoms with van der Waals surface area (Å²) in [5.74, 6) is 1.10. The van der Waals surface area contributed by atoms with Crippen molar-refractivity contribution in [3.05, 3.63) is 40.8 Å². The molecule has 8 heteroatoms. The molecule has 1 unspecified atom stereocenters. The van der Waals surface area contributed by atoms with E-state index in [2.05, 4.69) is 22.0 Å². The topological polar surface area (TPSA) is 106 Å². The molecular weight excluding hydrogens is 416 g/mol. The van der Waals surface area contributed by atoms with Crippen LogP contribution in [-0.4, -0.2) is 60.2 Å². The number of carbonyl (C=O) groups excluding carboxylic acids is 1. The highest BCUT2D eigenvalue weighted by Gasteiger charge is 2.34. The zero-order valence-corrected chi connectivity index (χ0v) is 19.3. The first kappa shape index (κ1) is 22.7. The predicted molar refractivity (Wildman–Crippen MR) is 123 cm³/mol. The molecule has 0 aromatic carbocycles. The summed E-state index contributed by atoms with van der Waals surface area (Å²) in [5.41, 5.74) is 4.48. The van der Waals surface area contributed by atoms with Crippen LogP contribution in [0, 0.1) is 29.6 Å². The zero-order valence-electron chi connectivity index (χ0n) is 19.3. The van der Waals surface area contributed by atoms with Crippen LogP contribution in [0.5, 0.6) is 0 Å². The third-order valence-electron chi connectivity index (χ3n) is 6.51. The van der Waals surface area contributed by atoms with Crippen LogP contribution in [0.4, 0.5) is 5.82 Å². The lowest BCUT2D eigenvalue weighted by molar-refractivity contribution is -0.134. The second kappa shape index (κ2) is 9.56. The Morgan fingerprint density at radius 1 is 1.27 bits per heavy atom. The van der Waals surface area contributed by atoms with E-state index in [9.17, 15) is 15.3 Å². The number of ether oxygens (including phenoxy) is 1. The molecule has 2 aromatic heterocycles. The van der Waals surface area contributed by atoms with Crippen LogP contribution in [0.25, 0.3) is 11.1 Å². The molecule has 2 fully saturated rings. The van der Waals surface area contributed by atoms with E-state index in [1.54, 1.807) is 19.5 Å². The maximum Gasteiger partial charge on any atom is 0.225 e. The molecule has 0 spiro atoms. The summed E-state index contributed by atoms with van der Waals surface area (Å²) in [7, 11) is 1.60. The highest BCUT2D eigenvalue weighted by atomic mass is 16.5. The summed E-state index contributed by atoms with van der Waals surface area (Å²) in [4.78, 5) is 25.7. The van der Waals surface area contributed by atoms with Crippen LogP contribution >= 0.6 is 0 Å². The Bertz CT molecular complexity index is 1140. The molecular formula is C25H28N6O2. The molecule has 1 saturated heterocycles. The van der Waals surface area contributed by atoms with Gasteiger partial charge in [0.15, 0.2) is 0 Å². The summed E-state index contributed by atoms with van der Waals surface area (Å²) in [5, 5.41) is 19.7. The van der Waals surface area contributed by atoms with Crippen molar-refractivity contribution in [2.24, 2.45) is 0 Å². The molecule has 1 amide bonds. The second-order valence-electron chi connectivity index (χ2n) is 8.74. The number of rotatable bonds is 6. The van der Waals surface area contributed by atoms with Crippen LogP contribution < -0.4 is 4.90 Å². The number of carbonyl (C=O) groups is 1. The van der Waals surface area contributed by atoms with Gasteiger partial charge < -0.3 is 14.5 Å². The average Bonchev–Trinajstić information content (AvgIpc) is 3.67. The fourth-order valence-corrected chi connectivity index (χ4v) is 4.62. The van der Waals surface area contributed by atoms with E-state index in [1.807, 2.05) is 24.8 Å². The van der Waals surface area contributed by atoms with Gasteiger partial charge in [0, 0.05) is 62.2 Å². The molecule has 1 aliphatic heterocycles. The number of amides is 1. The largest absolute Gasteiger partial charge is 0.384 e. The first-order chi connectivity index (χ1) is 16.0. The Kier molecular flexibility index (Phi) is 6.57. The summed E-state index contributed by atoms with van der Waals surface area (Å²) >= 11 is 0. The SMILES string of the molecule is COCCC(=O)N1CCN(c2nc(C3CC3)c(-c3ccncc3C#N)c(C)c2C#N)CC1C. The molecule has 2 aliphatic rings. The highest BCUT2D eigenvalue weighted by molar-refractivity contribution is 5.80. The van der Waals surface area contributed by atoms with Gasteiger partial charge in [-0.05, 0) is 38.3 Å². The van der Waals surface area contributed by atoms with Crippen molar-refractivity contribution < 1.29 is 9.53 Å². The van der Waals surface area contributed by atoms with Crippen molar-refractivity contribution in [2.45, 2.75) is 45.1 Å². The Hall–Kier alpha value is -3.49. The van der Waals surface area contributed by atoms with Gasteiger partial charge in [0.25, 0.3) is 0 Å². The molecule has 4 rings (SSSR count). The van der Waals surface area contributed by atoms with Gasteiger partial charge in [-0.3, -0.25) is 9.78 Å². The monoisotopic (exact) mass is 444 g/mol. The van der Waals surface area contributed by atoms with Gasteiger partial charge in [-0.1, -0.05) is 0 Å². The van der Waals surface area contributed by atoms with E-state index in [4.69, 9.17) is 9.72 Å². The summed E-state index contributed by atoms with van der Waals surface area (Å²) in [6, 6.07) is 6.44. The molecule has 2 aromatic rings. The molecule has 170 valence electrons. The number of piperazine rings is 1. The summed E-state index contributed by atoms with van der Waals surface area (Å²) in [6.45, 7) is 6.20. The Morgan fingerprint density at radius 3 is 2.70 bits per heavy atom. The molecule has 1 atom stereocenters. The Balaban J connectivity index is 1.72. The maximum atomic E-state index is 12.5. The van der Waals surface area contributed by atoms with Gasteiger partial charge in [0.05, 0.1) is 29.8 Å². The van der Waals surface area contributed by atoms with E-state index in [0.717, 1.165) is 35.2 Å². The van der Waals surface area contributed by atoms with Crippen molar-refractivity contribution in [1.29, 1.82) is 10.5 Å². The second-order valence-corrected chi connectivity index (χ2v) is 8.74. The number of nitriles is 2. The molecule has 0 bridgehead atoms. The number of aromatic nitrogens is 2. The summed E-state index contributed by atoms with van der Waals surface area (Å²) in [6.07, 6.45) is 5.71. The van der Waals surface area contributed by atoms with Gasteiger partial charge in [-0.2, -0.15) is 10.5 Å². The van der Waals surface area contributed by atoms with Crippen molar-refractivity contribution in [1.82, 2.24) is 14.9 Å². The molecule has 0 N–H and O–H groups in total. The molecule has 8 nitrogen and oxygen atoms in total. The number of nitrogens with zero attached hydrogens (tertiary/aromatic N) is 6. The normalized spacial score (nSPS) is 18.0. The van der Waals surface area contributed by atoms with E-state index < -0.39 is 0 Å². The lowest BCUT2D eigenvalue weighted by atomic mass is 9.91. The van der Waals surface area contributed by atoms with Crippen molar-refractivity contribution in [2.75, 3.05) is 38.3 Å². The standard InChI is InChI=1S/C25H28N6O2/c1-16-15-30(9-10-31(16)22(32)7-11-33-3)25-21(13-27)17(2)23(24(29-25)18-4-5-18)20-6-8-28-14-19(20)12-26/h6,8,14,16,18H,4-5,7,9-11,15H2,1-3H3. The lowest BCUT2D eigenvalue weighted by Gasteiger charge is -2.41. The van der Waals surface area contributed by atoms with Crippen molar-refractivity contribution >= 4 is 11.7 Å². The number of methoxy groups -OCH3 is 1. The highest BCUT2D eigenvalue weighted by Crippen LogP contribution is 2.47. The Morgan fingerprint density at radius 2 is 2.06 bits per heavy atom. The quantitative estimate of drug-likeness (QED) is 0.674. The zero-order chi connectivity index (χ0) is 23.5. The first-order valence-corrected chi connectivity index (χ1v) is 11.3. The van der Waals surface area contributed by atoms with Crippen LogP contribution in [-0.2, 0) is 9.53 Å². The van der Waals surface area contributed by atoms with Gasteiger partial charge in [0.1, 0.15) is 18.0 Å². The number of hydrogen-bond donors (Lipinski definition) is 0. The fraction of sp³-hybridized carbons (Fsp3) is 0.480. The number of hydrogen-bond acceptors (Lipinski definition) is 7. The minimum absolute atomic E-state index is 0.00574.